The van der Waals surface area contributed by atoms with Crippen molar-refractivity contribution in [3.05, 3.63) is 53.6 Å². The monoisotopic (exact) mass is 431 g/mol. The molecule has 1 amide bonds. The zero-order valence-electron chi connectivity index (χ0n) is 18.1. The number of ether oxygens (including phenoxy) is 4. The summed E-state index contributed by atoms with van der Waals surface area (Å²) in [7, 11) is 2.92. The van der Waals surface area contributed by atoms with Crippen LogP contribution in [-0.2, 0) is 25.7 Å². The van der Waals surface area contributed by atoms with Crippen LogP contribution >= 0.6 is 0 Å². The number of hydrogen-bond acceptors (Lipinski definition) is 8. The molecule has 0 spiro atoms. The van der Waals surface area contributed by atoms with E-state index in [0.717, 1.165) is 5.56 Å². The molecule has 0 aliphatic carbocycles. The van der Waals surface area contributed by atoms with Crippen molar-refractivity contribution < 1.29 is 28.6 Å². The Morgan fingerprint density at radius 3 is 2.42 bits per heavy atom. The zero-order valence-corrected chi connectivity index (χ0v) is 18.1. The van der Waals surface area contributed by atoms with Crippen molar-refractivity contribution in [2.75, 3.05) is 47.2 Å². The summed E-state index contributed by atoms with van der Waals surface area (Å²) in [4.78, 5) is 21.3. The molecule has 9 nitrogen and oxygen atoms in total. The molecule has 0 unspecified atom stereocenters. The minimum atomic E-state index is -0.355. The van der Waals surface area contributed by atoms with E-state index in [4.69, 9.17) is 23.8 Å². The SMILES string of the molecule is CCOCCOCCOc1cccc(OCc2ccccc2/C(=N/OC)C(=O)NC)n1. The maximum Gasteiger partial charge on any atom is 0.273 e. The molecule has 1 aromatic heterocycles. The summed E-state index contributed by atoms with van der Waals surface area (Å²) in [5, 5.41) is 6.41. The molecule has 9 heteroatoms. The molecule has 31 heavy (non-hydrogen) atoms. The maximum absolute atomic E-state index is 12.2. The second kappa shape index (κ2) is 13.9. The Labute approximate surface area is 182 Å². The predicted octanol–water partition coefficient (Wildman–Crippen LogP) is 2.19. The van der Waals surface area contributed by atoms with E-state index in [2.05, 4.69) is 15.5 Å². The van der Waals surface area contributed by atoms with Gasteiger partial charge in [-0.05, 0) is 12.5 Å². The van der Waals surface area contributed by atoms with Crippen molar-refractivity contribution in [1.29, 1.82) is 0 Å². The summed E-state index contributed by atoms with van der Waals surface area (Å²) in [5.74, 6) is 0.479. The van der Waals surface area contributed by atoms with Crippen LogP contribution in [0.5, 0.6) is 11.8 Å². The Bertz CT molecular complexity index is 844. The van der Waals surface area contributed by atoms with E-state index in [-0.39, 0.29) is 18.2 Å². The maximum atomic E-state index is 12.2. The number of amides is 1. The van der Waals surface area contributed by atoms with Crippen molar-refractivity contribution in [3.8, 4) is 11.8 Å². The van der Waals surface area contributed by atoms with Crippen LogP contribution < -0.4 is 14.8 Å². The van der Waals surface area contributed by atoms with Gasteiger partial charge in [0.15, 0.2) is 5.71 Å². The van der Waals surface area contributed by atoms with E-state index >= 15 is 0 Å². The first kappa shape index (κ1) is 24.1. The van der Waals surface area contributed by atoms with Gasteiger partial charge in [-0.25, -0.2) is 0 Å². The number of benzene rings is 1. The van der Waals surface area contributed by atoms with Crippen molar-refractivity contribution in [1.82, 2.24) is 10.3 Å². The van der Waals surface area contributed by atoms with Gasteiger partial charge in [0.1, 0.15) is 20.3 Å². The largest absolute Gasteiger partial charge is 0.475 e. The molecule has 1 heterocycles. The summed E-state index contributed by atoms with van der Waals surface area (Å²) in [6.45, 7) is 4.70. The molecule has 0 fully saturated rings. The summed E-state index contributed by atoms with van der Waals surface area (Å²) in [6, 6.07) is 12.6. The van der Waals surface area contributed by atoms with Crippen molar-refractivity contribution in [2.45, 2.75) is 13.5 Å². The average Bonchev–Trinajstić information content (AvgIpc) is 2.81. The lowest BCUT2D eigenvalue weighted by Crippen LogP contribution is -2.29. The molecule has 0 aliphatic rings. The van der Waals surface area contributed by atoms with Gasteiger partial charge in [-0.1, -0.05) is 35.5 Å². The van der Waals surface area contributed by atoms with Gasteiger partial charge in [0.05, 0.1) is 19.8 Å². The van der Waals surface area contributed by atoms with Crippen LogP contribution in [0.4, 0.5) is 0 Å². The highest BCUT2D eigenvalue weighted by atomic mass is 16.6. The highest BCUT2D eigenvalue weighted by Crippen LogP contribution is 2.17. The van der Waals surface area contributed by atoms with E-state index in [1.54, 1.807) is 24.3 Å². The molecule has 2 rings (SSSR count). The molecule has 1 aromatic carbocycles. The number of likely N-dealkylation sites (N-methyl/N-ethyl adjacent to an activating group) is 1. The molecule has 168 valence electrons. The lowest BCUT2D eigenvalue weighted by Gasteiger charge is -2.12. The van der Waals surface area contributed by atoms with Gasteiger partial charge in [-0.2, -0.15) is 4.98 Å². The lowest BCUT2D eigenvalue weighted by atomic mass is 10.0. The van der Waals surface area contributed by atoms with E-state index < -0.39 is 0 Å². The molecular formula is C22H29N3O6. The number of nitrogens with one attached hydrogen (secondary N) is 1. The number of aromatic nitrogens is 1. The fourth-order valence-corrected chi connectivity index (χ4v) is 2.58. The molecule has 0 saturated carbocycles. The van der Waals surface area contributed by atoms with Crippen LogP contribution in [0.2, 0.25) is 0 Å². The zero-order chi connectivity index (χ0) is 22.3. The number of rotatable bonds is 14. The first-order valence-electron chi connectivity index (χ1n) is 9.99. The molecule has 0 atom stereocenters. The summed E-state index contributed by atoms with van der Waals surface area (Å²) in [5.41, 5.74) is 1.54. The van der Waals surface area contributed by atoms with E-state index in [1.165, 1.54) is 14.2 Å². The van der Waals surface area contributed by atoms with Gasteiger partial charge >= 0.3 is 0 Å². The van der Waals surface area contributed by atoms with Crippen molar-refractivity contribution in [2.24, 2.45) is 5.16 Å². The van der Waals surface area contributed by atoms with Crippen molar-refractivity contribution >= 4 is 11.6 Å². The molecule has 0 radical (unpaired) electrons. The highest BCUT2D eigenvalue weighted by Gasteiger charge is 2.17. The molecule has 1 N–H and O–H groups in total. The third-order valence-corrected chi connectivity index (χ3v) is 4.02. The number of nitrogens with zero attached hydrogens (tertiary/aromatic N) is 2. The van der Waals surface area contributed by atoms with Crippen LogP contribution in [0.25, 0.3) is 0 Å². The van der Waals surface area contributed by atoms with Crippen LogP contribution in [0.15, 0.2) is 47.6 Å². The first-order chi connectivity index (χ1) is 15.2. The third kappa shape index (κ3) is 8.23. The Morgan fingerprint density at radius 2 is 1.68 bits per heavy atom. The number of hydrogen-bond donors (Lipinski definition) is 1. The van der Waals surface area contributed by atoms with Crippen LogP contribution in [0.3, 0.4) is 0 Å². The van der Waals surface area contributed by atoms with Crippen LogP contribution in [0, 0.1) is 0 Å². The summed E-state index contributed by atoms with van der Waals surface area (Å²) >= 11 is 0. The first-order valence-corrected chi connectivity index (χ1v) is 9.99. The smallest absolute Gasteiger partial charge is 0.273 e. The minimum Gasteiger partial charge on any atom is -0.475 e. The lowest BCUT2D eigenvalue weighted by molar-refractivity contribution is -0.114. The molecule has 2 aromatic rings. The van der Waals surface area contributed by atoms with Gasteiger partial charge in [0.25, 0.3) is 5.91 Å². The van der Waals surface area contributed by atoms with Gasteiger partial charge < -0.3 is 29.1 Å². The molecular weight excluding hydrogens is 402 g/mol. The fourth-order valence-electron chi connectivity index (χ4n) is 2.58. The number of oxime groups is 1. The van der Waals surface area contributed by atoms with Crippen molar-refractivity contribution in [3.63, 3.8) is 0 Å². The van der Waals surface area contributed by atoms with Gasteiger partial charge in [-0.15, -0.1) is 0 Å². The van der Waals surface area contributed by atoms with Gasteiger partial charge in [0, 0.05) is 31.4 Å². The number of carbonyl (C=O) groups is 1. The normalized spacial score (nSPS) is 11.1. The quantitative estimate of drug-likeness (QED) is 0.278. The fraction of sp³-hybridized carbons (Fsp3) is 0.409. The summed E-state index contributed by atoms with van der Waals surface area (Å²) in [6.07, 6.45) is 0. The molecule has 0 aliphatic heterocycles. The van der Waals surface area contributed by atoms with Crippen LogP contribution in [-0.4, -0.2) is 63.8 Å². The number of carbonyl (C=O) groups excluding carboxylic acids is 1. The van der Waals surface area contributed by atoms with E-state index in [0.29, 0.717) is 50.4 Å². The Kier molecular flexibility index (Phi) is 10.8. The summed E-state index contributed by atoms with van der Waals surface area (Å²) < 4.78 is 22.0. The third-order valence-electron chi connectivity index (χ3n) is 4.02. The molecule has 0 bridgehead atoms. The standard InChI is InChI=1S/C22H29N3O6/c1-4-28-12-13-29-14-15-30-19-10-7-11-20(24-19)31-16-17-8-5-6-9-18(17)21(25-27-3)22(26)23-2/h5-11H,4,12-16H2,1-3H3,(H,23,26)/b25-21-. The Morgan fingerprint density at radius 1 is 0.968 bits per heavy atom. The topological polar surface area (TPSA) is 101 Å². The van der Waals surface area contributed by atoms with Gasteiger partial charge in [-0.3, -0.25) is 4.79 Å². The second-order valence-corrected chi connectivity index (χ2v) is 6.12. The highest BCUT2D eigenvalue weighted by molar-refractivity contribution is 6.45. The predicted molar refractivity (Wildman–Crippen MR) is 115 cm³/mol. The molecule has 0 saturated heterocycles. The number of pyridine rings is 1. The van der Waals surface area contributed by atoms with E-state index in [1.807, 2.05) is 25.1 Å². The van der Waals surface area contributed by atoms with Gasteiger partial charge in [0.2, 0.25) is 11.8 Å². The second-order valence-electron chi connectivity index (χ2n) is 6.12. The van der Waals surface area contributed by atoms with E-state index in [9.17, 15) is 4.79 Å². The van der Waals surface area contributed by atoms with Crippen LogP contribution in [0.1, 0.15) is 18.1 Å². The minimum absolute atomic E-state index is 0.165. The Balaban J connectivity index is 1.94. The average molecular weight is 431 g/mol. The Hall–Kier alpha value is -3.17.